The molecule has 10 nitrogen and oxygen atoms in total. The molecule has 1 amide bonds. The summed E-state index contributed by atoms with van der Waals surface area (Å²) >= 11 is 0. The van der Waals surface area contributed by atoms with E-state index in [2.05, 4.69) is 19.4 Å². The molecule has 46 heavy (non-hydrogen) atoms. The number of nitrogens with zero attached hydrogens (tertiary/aromatic N) is 1. The number of hydrogen-bond acceptors (Lipinski definition) is 7. The summed E-state index contributed by atoms with van der Waals surface area (Å²) in [5, 5.41) is -1.07. The van der Waals surface area contributed by atoms with Crippen LogP contribution in [0.15, 0.2) is 102 Å². The van der Waals surface area contributed by atoms with Crippen molar-refractivity contribution in [3.63, 3.8) is 0 Å². The number of nitrogens with one attached hydrogen (secondary N) is 3. The summed E-state index contributed by atoms with van der Waals surface area (Å²) in [6.07, 6.45) is -5.42. The van der Waals surface area contributed by atoms with Crippen molar-refractivity contribution in [2.75, 3.05) is 0 Å². The van der Waals surface area contributed by atoms with E-state index in [1.165, 1.54) is 18.2 Å². The summed E-state index contributed by atoms with van der Waals surface area (Å²) in [6.45, 7) is 0. The molecule has 3 N–H and O–H groups in total. The highest BCUT2D eigenvalue weighted by Gasteiger charge is 2.38. The highest BCUT2D eigenvalue weighted by molar-refractivity contribution is 7.90. The van der Waals surface area contributed by atoms with Crippen molar-refractivity contribution >= 4 is 37.0 Å². The van der Waals surface area contributed by atoms with Gasteiger partial charge in [0.25, 0.3) is 0 Å². The van der Waals surface area contributed by atoms with Gasteiger partial charge in [-0.1, -0.05) is 72.8 Å². The molecule has 6 rings (SSSR count). The van der Waals surface area contributed by atoms with E-state index in [-0.39, 0.29) is 18.7 Å². The van der Waals surface area contributed by atoms with Crippen molar-refractivity contribution in [3.05, 3.63) is 114 Å². The third kappa shape index (κ3) is 6.76. The van der Waals surface area contributed by atoms with Gasteiger partial charge in [-0.2, -0.15) is 0 Å². The number of aromatic nitrogens is 2. The largest absolute Gasteiger partial charge is 0.573 e. The molecule has 0 radical (unpaired) electrons. The first-order valence-electron chi connectivity index (χ1n) is 13.8. The van der Waals surface area contributed by atoms with E-state index in [0.717, 1.165) is 12.1 Å². The second-order valence-electron chi connectivity index (χ2n) is 10.6. The Bertz CT molecular complexity index is 2100. The van der Waals surface area contributed by atoms with Crippen LogP contribution in [0.25, 0.3) is 22.2 Å². The summed E-state index contributed by atoms with van der Waals surface area (Å²) in [7, 11) is -8.54. The molecule has 2 unspecified atom stereocenters. The number of carbonyl (C=O) groups is 1. The molecule has 238 valence electrons. The van der Waals surface area contributed by atoms with Gasteiger partial charge in [-0.15, -0.1) is 13.2 Å². The first kappa shape index (κ1) is 31.3. The van der Waals surface area contributed by atoms with Gasteiger partial charge >= 0.3 is 6.36 Å². The highest BCUT2D eigenvalue weighted by atomic mass is 32.2. The van der Waals surface area contributed by atoms with E-state index in [0.29, 0.717) is 33.3 Å². The average molecular weight is 671 g/mol. The number of alkyl halides is 3. The molecule has 0 bridgehead atoms. The standard InChI is InChI=1S/C31H25F3N4O6S2/c32-31(33,34)44-26-17-22(20-6-2-1-3-7-20)14-15-27(26)45(40,41)37-25(30-35-23-8-4-5-9-24(23)36-30)16-19-10-12-21(13-11-19)28-18-29(39)38-46(28,42)43/h1-15,17,25,28,37H,16,18H2,(H,35,36)(H,38,39). The molecule has 1 saturated heterocycles. The van der Waals surface area contributed by atoms with Crippen molar-refractivity contribution in [1.29, 1.82) is 0 Å². The number of sulfonamides is 2. The van der Waals surface area contributed by atoms with E-state index in [1.54, 1.807) is 66.7 Å². The third-order valence-electron chi connectivity index (χ3n) is 7.39. The van der Waals surface area contributed by atoms with Crippen LogP contribution in [0.5, 0.6) is 5.75 Å². The third-order valence-corrected chi connectivity index (χ3v) is 10.6. The zero-order chi connectivity index (χ0) is 32.7. The summed E-state index contributed by atoms with van der Waals surface area (Å²) in [6, 6.07) is 24.0. The Labute approximate surface area is 261 Å². The Morgan fingerprint density at radius 2 is 1.63 bits per heavy atom. The van der Waals surface area contributed by atoms with Crippen molar-refractivity contribution < 1.29 is 39.5 Å². The zero-order valence-electron chi connectivity index (χ0n) is 23.7. The summed E-state index contributed by atoms with van der Waals surface area (Å²) in [4.78, 5) is 18.5. The minimum absolute atomic E-state index is 0.0223. The number of benzene rings is 4. The number of hydrogen-bond donors (Lipinski definition) is 3. The predicted octanol–water partition coefficient (Wildman–Crippen LogP) is 5.28. The first-order valence-corrected chi connectivity index (χ1v) is 16.9. The molecule has 0 saturated carbocycles. The molecule has 1 aliphatic heterocycles. The van der Waals surface area contributed by atoms with Gasteiger partial charge in [0.15, 0.2) is 0 Å². The maximum absolute atomic E-state index is 13.8. The van der Waals surface area contributed by atoms with Crippen LogP contribution in [-0.4, -0.2) is 39.1 Å². The predicted molar refractivity (Wildman–Crippen MR) is 162 cm³/mol. The van der Waals surface area contributed by atoms with Crippen LogP contribution >= 0.6 is 0 Å². The fourth-order valence-electron chi connectivity index (χ4n) is 5.28. The van der Waals surface area contributed by atoms with Crippen LogP contribution in [0.4, 0.5) is 13.2 Å². The molecule has 5 aromatic rings. The number of imidazole rings is 1. The number of carbonyl (C=O) groups excluding carboxylic acids is 1. The molecule has 4 aromatic carbocycles. The van der Waals surface area contributed by atoms with Crippen molar-refractivity contribution in [2.45, 2.75) is 35.4 Å². The second-order valence-corrected chi connectivity index (χ2v) is 14.1. The topological polar surface area (TPSA) is 147 Å². The molecule has 2 heterocycles. The maximum atomic E-state index is 13.8. The molecule has 1 fully saturated rings. The summed E-state index contributed by atoms with van der Waals surface area (Å²) < 4.78 is 101. The lowest BCUT2D eigenvalue weighted by Gasteiger charge is -2.20. The summed E-state index contributed by atoms with van der Waals surface area (Å²) in [5.41, 5.74) is 2.94. The van der Waals surface area contributed by atoms with Gasteiger partial charge in [0, 0.05) is 0 Å². The lowest BCUT2D eigenvalue weighted by Crippen LogP contribution is -2.31. The van der Waals surface area contributed by atoms with E-state index in [1.807, 2.05) is 4.72 Å². The number of aromatic amines is 1. The molecule has 1 aromatic heterocycles. The van der Waals surface area contributed by atoms with E-state index in [9.17, 15) is 34.8 Å². The second kappa shape index (κ2) is 11.9. The SMILES string of the molecule is O=C1CC(c2ccc(CC(NS(=O)(=O)c3ccc(-c4ccccc4)cc3OC(F)(F)F)c3nc4ccccc4[nH]3)cc2)S(=O)(=O)N1. The van der Waals surface area contributed by atoms with E-state index in [4.69, 9.17) is 0 Å². The number of H-pyrrole nitrogens is 1. The molecule has 0 spiro atoms. The van der Waals surface area contributed by atoms with Crippen LogP contribution in [-0.2, 0) is 31.3 Å². The van der Waals surface area contributed by atoms with Gasteiger partial charge in [0.1, 0.15) is 21.7 Å². The lowest BCUT2D eigenvalue weighted by molar-refractivity contribution is -0.275. The lowest BCUT2D eigenvalue weighted by atomic mass is 10.0. The van der Waals surface area contributed by atoms with Crippen LogP contribution in [0, 0.1) is 0 Å². The number of halogens is 3. The van der Waals surface area contributed by atoms with Gasteiger partial charge in [0.05, 0.1) is 23.5 Å². The molecular weight excluding hydrogens is 645 g/mol. The minimum Gasteiger partial charge on any atom is -0.404 e. The van der Waals surface area contributed by atoms with E-state index < -0.39 is 54.3 Å². The van der Waals surface area contributed by atoms with Gasteiger partial charge in [0.2, 0.25) is 26.0 Å². The van der Waals surface area contributed by atoms with Crippen LogP contribution in [0.2, 0.25) is 0 Å². The van der Waals surface area contributed by atoms with Gasteiger partial charge in [-0.05, 0) is 52.9 Å². The van der Waals surface area contributed by atoms with Crippen molar-refractivity contribution in [3.8, 4) is 16.9 Å². The fraction of sp³-hybridized carbons (Fsp3) is 0.161. The Morgan fingerprint density at radius 1 is 0.935 bits per heavy atom. The van der Waals surface area contributed by atoms with Crippen LogP contribution in [0.3, 0.4) is 0 Å². The first-order chi connectivity index (χ1) is 21.8. The number of rotatable bonds is 9. The molecule has 15 heteroatoms. The Morgan fingerprint density at radius 3 is 2.28 bits per heavy atom. The van der Waals surface area contributed by atoms with Gasteiger partial charge in [-0.3, -0.25) is 9.52 Å². The molecule has 0 aliphatic carbocycles. The van der Waals surface area contributed by atoms with Crippen LogP contribution < -0.4 is 14.2 Å². The van der Waals surface area contributed by atoms with Gasteiger partial charge in [-0.25, -0.2) is 26.5 Å². The van der Waals surface area contributed by atoms with Crippen molar-refractivity contribution in [2.24, 2.45) is 0 Å². The van der Waals surface area contributed by atoms with Crippen LogP contribution in [0.1, 0.15) is 34.7 Å². The maximum Gasteiger partial charge on any atom is 0.573 e. The number of fused-ring (bicyclic) bond motifs is 1. The minimum atomic E-state index is -5.17. The quantitative estimate of drug-likeness (QED) is 0.193. The number of ether oxygens (including phenoxy) is 1. The molecule has 1 aliphatic rings. The van der Waals surface area contributed by atoms with Crippen molar-refractivity contribution in [1.82, 2.24) is 19.4 Å². The summed E-state index contributed by atoms with van der Waals surface area (Å²) in [5.74, 6) is -1.32. The number of para-hydroxylation sites is 2. The highest BCUT2D eigenvalue weighted by Crippen LogP contribution is 2.35. The Hall–Kier alpha value is -4.73. The monoisotopic (exact) mass is 670 g/mol. The average Bonchev–Trinajstić information content (AvgIpc) is 3.56. The van der Waals surface area contributed by atoms with Gasteiger partial charge < -0.3 is 9.72 Å². The normalized spacial score (nSPS) is 17.1. The van der Waals surface area contributed by atoms with E-state index >= 15 is 0 Å². The molecular formula is C31H25F3N4O6S2. The Kier molecular flexibility index (Phi) is 8.08. The zero-order valence-corrected chi connectivity index (χ0v) is 25.3. The smallest absolute Gasteiger partial charge is 0.404 e. The Balaban J connectivity index is 1.36. The fourth-order valence-corrected chi connectivity index (χ4v) is 8.02. The number of amides is 1. The molecule has 2 atom stereocenters.